The van der Waals surface area contributed by atoms with E-state index >= 15 is 0 Å². The maximum Gasteiger partial charge on any atom is 0.326 e. The highest BCUT2D eigenvalue weighted by Crippen LogP contribution is 2.26. The van der Waals surface area contributed by atoms with Gasteiger partial charge in [0.1, 0.15) is 18.1 Å². The average molecular weight is 624 g/mol. The van der Waals surface area contributed by atoms with Crippen molar-refractivity contribution in [2.24, 2.45) is 10.7 Å². The lowest BCUT2D eigenvalue weighted by molar-refractivity contribution is -0.148. The number of rotatable bonds is 12. The number of carboxylic acids is 1. The van der Waals surface area contributed by atoms with Crippen LogP contribution in [0.5, 0.6) is 0 Å². The summed E-state index contributed by atoms with van der Waals surface area (Å²) in [4.78, 5) is 62.1. The molecule has 13 heteroatoms. The smallest absolute Gasteiger partial charge is 0.326 e. The quantitative estimate of drug-likeness (QED) is 0.173. The maximum atomic E-state index is 13.7. The minimum Gasteiger partial charge on any atom is -0.480 e. The molecule has 4 N–H and O–H groups in total. The highest BCUT2D eigenvalue weighted by molar-refractivity contribution is 5.95. The Hall–Kier alpha value is -4.02. The zero-order valence-corrected chi connectivity index (χ0v) is 26.0. The predicted molar refractivity (Wildman–Crippen MR) is 166 cm³/mol. The molecule has 0 unspecified atom stereocenters. The van der Waals surface area contributed by atoms with Crippen molar-refractivity contribution >= 4 is 29.5 Å². The van der Waals surface area contributed by atoms with Crippen molar-refractivity contribution < 1.29 is 29.0 Å². The van der Waals surface area contributed by atoms with Crippen molar-refractivity contribution in [3.05, 3.63) is 35.4 Å². The Bertz CT molecular complexity index is 1270. The Balaban J connectivity index is 1.28. The van der Waals surface area contributed by atoms with Gasteiger partial charge in [-0.2, -0.15) is 5.26 Å². The van der Waals surface area contributed by atoms with Crippen LogP contribution in [0.2, 0.25) is 0 Å². The van der Waals surface area contributed by atoms with Crippen molar-refractivity contribution in [3.63, 3.8) is 0 Å². The summed E-state index contributed by atoms with van der Waals surface area (Å²) in [6.07, 6.45) is 3.96. The van der Waals surface area contributed by atoms with Gasteiger partial charge in [0, 0.05) is 32.7 Å². The summed E-state index contributed by atoms with van der Waals surface area (Å²) in [6, 6.07) is 5.51. The van der Waals surface area contributed by atoms with Crippen LogP contribution >= 0.6 is 0 Å². The summed E-state index contributed by atoms with van der Waals surface area (Å²) in [5, 5.41) is 21.5. The Morgan fingerprint density at radius 3 is 2.38 bits per heavy atom. The second kappa shape index (κ2) is 16.3. The van der Waals surface area contributed by atoms with E-state index in [9.17, 15) is 24.3 Å². The first-order valence-electron chi connectivity index (χ1n) is 15.9. The van der Waals surface area contributed by atoms with Crippen molar-refractivity contribution in [3.8, 4) is 6.07 Å². The van der Waals surface area contributed by atoms with E-state index in [1.54, 1.807) is 24.3 Å². The fourth-order valence-electron chi connectivity index (χ4n) is 6.26. The first-order chi connectivity index (χ1) is 21.7. The summed E-state index contributed by atoms with van der Waals surface area (Å²) in [7, 11) is 0. The molecule has 3 amide bonds. The number of hydrogen-bond donors (Lipinski definition) is 3. The van der Waals surface area contributed by atoms with Crippen LogP contribution in [0.15, 0.2) is 29.3 Å². The van der Waals surface area contributed by atoms with Gasteiger partial charge < -0.3 is 35.6 Å². The third-order valence-corrected chi connectivity index (χ3v) is 8.84. The molecule has 3 heterocycles. The summed E-state index contributed by atoms with van der Waals surface area (Å²) in [5.41, 5.74) is 7.60. The number of unbranched alkanes of at least 4 members (excludes halogenated alkanes) is 1. The van der Waals surface area contributed by atoms with Crippen molar-refractivity contribution in [2.45, 2.75) is 82.5 Å². The van der Waals surface area contributed by atoms with Crippen LogP contribution in [0.1, 0.15) is 63.0 Å². The molecule has 244 valence electrons. The van der Waals surface area contributed by atoms with Gasteiger partial charge in [-0.1, -0.05) is 12.1 Å². The molecule has 1 aromatic carbocycles. The van der Waals surface area contributed by atoms with Crippen LogP contribution in [0.3, 0.4) is 0 Å². The van der Waals surface area contributed by atoms with Gasteiger partial charge >= 0.3 is 5.97 Å². The third kappa shape index (κ3) is 9.02. The number of nitrogens with two attached hydrogens (primary N) is 1. The normalized spacial score (nSPS) is 21.7. The van der Waals surface area contributed by atoms with Crippen LogP contribution in [0, 0.1) is 11.3 Å². The van der Waals surface area contributed by atoms with Crippen LogP contribution < -0.4 is 11.1 Å². The fraction of sp³-hybridized carbons (Fsp3) is 0.625. The number of carbonyl (C=O) groups is 4. The Morgan fingerprint density at radius 1 is 1.04 bits per heavy atom. The minimum absolute atomic E-state index is 0.260. The molecule has 3 saturated heterocycles. The van der Waals surface area contributed by atoms with Gasteiger partial charge in [-0.25, -0.2) is 4.79 Å². The fourth-order valence-corrected chi connectivity index (χ4v) is 6.26. The number of nitrogens with zero attached hydrogens (tertiary/aromatic N) is 5. The number of ether oxygens (including phenoxy) is 1. The summed E-state index contributed by atoms with van der Waals surface area (Å²) in [6.45, 7) is 6.29. The van der Waals surface area contributed by atoms with Gasteiger partial charge in [0.05, 0.1) is 36.7 Å². The van der Waals surface area contributed by atoms with Crippen molar-refractivity contribution in [1.82, 2.24) is 20.0 Å². The molecule has 1 aromatic rings. The number of carboxylic acid groups (broad SMARTS) is 1. The summed E-state index contributed by atoms with van der Waals surface area (Å²) in [5.74, 6) is -1.28. The summed E-state index contributed by atoms with van der Waals surface area (Å²) < 4.78 is 5.37. The zero-order valence-electron chi connectivity index (χ0n) is 26.0. The SMILES string of the molecule is CC(=NCCCC[C@H](NC(=O)[C@@H]1CCCN1C(=O)[C@@H]1CCCN1C(=O)[C@@H](N)Cc1ccc(C#N)cc1)C(=O)O)N1CCOCC1. The molecule has 0 bridgehead atoms. The van der Waals surface area contributed by atoms with Crippen molar-refractivity contribution in [1.29, 1.82) is 5.26 Å². The number of benzene rings is 1. The number of morpholine rings is 1. The van der Waals surface area contributed by atoms with E-state index in [0.717, 1.165) is 24.5 Å². The van der Waals surface area contributed by atoms with E-state index in [0.29, 0.717) is 76.9 Å². The van der Waals surface area contributed by atoms with Gasteiger partial charge in [-0.3, -0.25) is 19.4 Å². The van der Waals surface area contributed by atoms with E-state index in [-0.39, 0.29) is 24.7 Å². The van der Waals surface area contributed by atoms with Gasteiger partial charge in [-0.15, -0.1) is 0 Å². The number of nitriles is 1. The van der Waals surface area contributed by atoms with E-state index in [1.807, 2.05) is 6.92 Å². The van der Waals surface area contributed by atoms with Gasteiger partial charge in [0.15, 0.2) is 0 Å². The maximum absolute atomic E-state index is 13.7. The van der Waals surface area contributed by atoms with Crippen molar-refractivity contribution in [2.75, 3.05) is 45.9 Å². The molecule has 4 atom stereocenters. The molecule has 0 radical (unpaired) electrons. The Kier molecular flexibility index (Phi) is 12.3. The van der Waals surface area contributed by atoms with E-state index in [4.69, 9.17) is 15.7 Å². The standard InChI is InChI=1S/C32H45N7O6/c1-22(37-16-18-45-19-17-37)35-13-3-2-6-26(32(43)44)36-29(40)27-7-4-14-38(27)31(42)28-8-5-15-39(28)30(41)25(34)20-23-9-11-24(21-33)12-10-23/h9-12,25-28H,2-8,13-20,34H2,1H3,(H,36,40)(H,43,44)/t25-,26-,27-,28-/m0/s1. The molecule has 45 heavy (non-hydrogen) atoms. The molecule has 3 aliphatic rings. The van der Waals surface area contributed by atoms with Crippen LogP contribution in [-0.2, 0) is 30.3 Å². The molecule has 0 saturated carbocycles. The second-order valence-electron chi connectivity index (χ2n) is 11.9. The summed E-state index contributed by atoms with van der Waals surface area (Å²) >= 11 is 0. The van der Waals surface area contributed by atoms with Crippen LogP contribution in [0.4, 0.5) is 0 Å². The lowest BCUT2D eigenvalue weighted by Gasteiger charge is -2.32. The van der Waals surface area contributed by atoms with Crippen LogP contribution in [-0.4, -0.2) is 119 Å². The second-order valence-corrected chi connectivity index (χ2v) is 11.9. The number of amidine groups is 1. The Labute approximate surface area is 264 Å². The lowest BCUT2D eigenvalue weighted by atomic mass is 10.0. The number of carbonyl (C=O) groups excluding carboxylic acids is 3. The predicted octanol–water partition coefficient (Wildman–Crippen LogP) is 0.900. The molecule has 0 spiro atoms. The van der Waals surface area contributed by atoms with Crippen LogP contribution in [0.25, 0.3) is 0 Å². The first kappa shape index (κ1) is 33.9. The topological polar surface area (TPSA) is 182 Å². The monoisotopic (exact) mass is 623 g/mol. The van der Waals surface area contributed by atoms with E-state index in [1.165, 1.54) is 9.80 Å². The number of nitrogens with one attached hydrogen (secondary N) is 1. The van der Waals surface area contributed by atoms with E-state index in [2.05, 4.69) is 21.3 Å². The number of aliphatic carboxylic acids is 1. The lowest BCUT2D eigenvalue weighted by Crippen LogP contribution is -2.56. The molecule has 4 rings (SSSR count). The Morgan fingerprint density at radius 2 is 1.71 bits per heavy atom. The number of aliphatic imine (C=N–C) groups is 1. The average Bonchev–Trinajstić information content (AvgIpc) is 3.75. The highest BCUT2D eigenvalue weighted by atomic mass is 16.5. The molecule has 0 aliphatic carbocycles. The zero-order chi connectivity index (χ0) is 32.3. The number of hydrogen-bond acceptors (Lipinski definition) is 8. The molecule has 13 nitrogen and oxygen atoms in total. The molecular weight excluding hydrogens is 578 g/mol. The third-order valence-electron chi connectivity index (χ3n) is 8.84. The molecule has 3 fully saturated rings. The molecule has 3 aliphatic heterocycles. The number of amides is 3. The number of likely N-dealkylation sites (tertiary alicyclic amines) is 2. The van der Waals surface area contributed by atoms with Gasteiger partial charge in [0.25, 0.3) is 0 Å². The first-order valence-corrected chi connectivity index (χ1v) is 15.9. The molecule has 0 aromatic heterocycles. The largest absolute Gasteiger partial charge is 0.480 e. The van der Waals surface area contributed by atoms with Gasteiger partial charge in [0.2, 0.25) is 17.7 Å². The highest BCUT2D eigenvalue weighted by Gasteiger charge is 2.43. The van der Waals surface area contributed by atoms with Gasteiger partial charge in [-0.05, 0) is 76.0 Å². The minimum atomic E-state index is -1.11. The molecular formula is C32H45N7O6. The van der Waals surface area contributed by atoms with E-state index < -0.39 is 36.0 Å².